The summed E-state index contributed by atoms with van der Waals surface area (Å²) in [6.45, 7) is 2.99. The molecule has 3 rings (SSSR count). The standard InChI is InChI=1S/C12H13N5/c1-2-7-17-12(8-14-15-17)16-9-13-10-5-3-4-6-11(10)16/h3-6,8-9H,2,7H2,1H3. The fraction of sp³-hybridized carbons (Fsp3) is 0.250. The molecule has 0 aliphatic rings. The third-order valence-electron chi connectivity index (χ3n) is 2.73. The van der Waals surface area contributed by atoms with Gasteiger partial charge in [-0.25, -0.2) is 9.67 Å². The first-order valence-corrected chi connectivity index (χ1v) is 5.71. The van der Waals surface area contributed by atoms with Gasteiger partial charge in [0, 0.05) is 6.54 Å². The van der Waals surface area contributed by atoms with Crippen LogP contribution in [0.15, 0.2) is 36.8 Å². The first-order chi connectivity index (χ1) is 8.40. The zero-order chi connectivity index (χ0) is 11.7. The Balaban J connectivity index is 2.17. The Labute approximate surface area is 98.7 Å². The lowest BCUT2D eigenvalue weighted by Gasteiger charge is -2.05. The lowest BCUT2D eigenvalue weighted by atomic mass is 10.3. The average molecular weight is 227 g/mol. The van der Waals surface area contributed by atoms with E-state index in [0.717, 1.165) is 29.8 Å². The minimum atomic E-state index is 0.863. The number of imidazole rings is 1. The van der Waals surface area contributed by atoms with Crippen LogP contribution in [0.25, 0.3) is 16.9 Å². The van der Waals surface area contributed by atoms with Crippen LogP contribution >= 0.6 is 0 Å². The minimum Gasteiger partial charge on any atom is -0.282 e. The molecule has 0 spiro atoms. The monoisotopic (exact) mass is 227 g/mol. The fourth-order valence-corrected chi connectivity index (χ4v) is 1.95. The van der Waals surface area contributed by atoms with Crippen LogP contribution in [0.1, 0.15) is 13.3 Å². The van der Waals surface area contributed by atoms with Crippen molar-refractivity contribution >= 4 is 11.0 Å². The maximum absolute atomic E-state index is 4.37. The maximum atomic E-state index is 4.37. The normalized spacial score (nSPS) is 11.1. The number of rotatable bonds is 3. The molecule has 17 heavy (non-hydrogen) atoms. The minimum absolute atomic E-state index is 0.863. The molecule has 0 N–H and O–H groups in total. The predicted octanol–water partition coefficient (Wildman–Crippen LogP) is 2.03. The molecule has 0 radical (unpaired) electrons. The quantitative estimate of drug-likeness (QED) is 0.687. The summed E-state index contributed by atoms with van der Waals surface area (Å²) < 4.78 is 3.92. The molecule has 2 aromatic heterocycles. The average Bonchev–Trinajstić information content (AvgIpc) is 2.95. The Morgan fingerprint density at radius 3 is 3.00 bits per heavy atom. The van der Waals surface area contributed by atoms with Gasteiger partial charge >= 0.3 is 0 Å². The van der Waals surface area contributed by atoms with Crippen molar-refractivity contribution in [3.8, 4) is 5.82 Å². The zero-order valence-electron chi connectivity index (χ0n) is 9.61. The lowest BCUT2D eigenvalue weighted by molar-refractivity contribution is 0.568. The third kappa shape index (κ3) is 1.60. The molecule has 2 heterocycles. The Bertz CT molecular complexity index is 637. The Kier molecular flexibility index (Phi) is 2.36. The summed E-state index contributed by atoms with van der Waals surface area (Å²) >= 11 is 0. The number of fused-ring (bicyclic) bond motifs is 1. The molecule has 0 bridgehead atoms. The van der Waals surface area contributed by atoms with Gasteiger partial charge < -0.3 is 0 Å². The Morgan fingerprint density at radius 1 is 1.24 bits per heavy atom. The fourth-order valence-electron chi connectivity index (χ4n) is 1.95. The van der Waals surface area contributed by atoms with Gasteiger partial charge in [0.05, 0.1) is 17.2 Å². The second-order valence-corrected chi connectivity index (χ2v) is 3.92. The highest BCUT2D eigenvalue weighted by Gasteiger charge is 2.08. The van der Waals surface area contributed by atoms with Crippen LogP contribution < -0.4 is 0 Å². The molecule has 0 atom stereocenters. The summed E-state index contributed by atoms with van der Waals surface area (Å²) in [5.41, 5.74) is 2.06. The molecule has 0 aliphatic carbocycles. The van der Waals surface area contributed by atoms with Crippen molar-refractivity contribution in [2.24, 2.45) is 0 Å². The van der Waals surface area contributed by atoms with E-state index in [1.165, 1.54) is 0 Å². The van der Waals surface area contributed by atoms with Gasteiger partial charge in [-0.2, -0.15) is 0 Å². The van der Waals surface area contributed by atoms with Crippen molar-refractivity contribution < 1.29 is 0 Å². The topological polar surface area (TPSA) is 48.5 Å². The van der Waals surface area contributed by atoms with Crippen molar-refractivity contribution in [1.29, 1.82) is 0 Å². The summed E-state index contributed by atoms with van der Waals surface area (Å²) in [6.07, 6.45) is 4.61. The van der Waals surface area contributed by atoms with E-state index >= 15 is 0 Å². The van der Waals surface area contributed by atoms with Gasteiger partial charge in [-0.15, -0.1) is 5.10 Å². The van der Waals surface area contributed by atoms with Crippen molar-refractivity contribution in [2.75, 3.05) is 0 Å². The van der Waals surface area contributed by atoms with Crippen LogP contribution in [0.3, 0.4) is 0 Å². The van der Waals surface area contributed by atoms with Gasteiger partial charge in [0.15, 0.2) is 5.82 Å². The number of para-hydroxylation sites is 2. The number of benzene rings is 1. The molecule has 0 saturated heterocycles. The van der Waals surface area contributed by atoms with Crippen LogP contribution in [0.5, 0.6) is 0 Å². The molecule has 1 aromatic carbocycles. The molecule has 3 aromatic rings. The van der Waals surface area contributed by atoms with E-state index in [1.807, 2.05) is 39.8 Å². The summed E-state index contributed by atoms with van der Waals surface area (Å²) in [7, 11) is 0. The van der Waals surface area contributed by atoms with Gasteiger partial charge in [-0.3, -0.25) is 4.57 Å². The van der Waals surface area contributed by atoms with E-state index in [1.54, 1.807) is 6.20 Å². The summed E-state index contributed by atoms with van der Waals surface area (Å²) in [5, 5.41) is 8.05. The van der Waals surface area contributed by atoms with Crippen LogP contribution in [0.2, 0.25) is 0 Å². The van der Waals surface area contributed by atoms with E-state index in [0.29, 0.717) is 0 Å². The van der Waals surface area contributed by atoms with Gasteiger partial charge in [-0.05, 0) is 18.6 Å². The first-order valence-electron chi connectivity index (χ1n) is 5.71. The molecule has 0 aliphatic heterocycles. The van der Waals surface area contributed by atoms with Gasteiger partial charge in [0.25, 0.3) is 0 Å². The summed E-state index contributed by atoms with van der Waals surface area (Å²) in [6, 6.07) is 8.04. The first kappa shape index (κ1) is 10.0. The molecule has 0 unspecified atom stereocenters. The van der Waals surface area contributed by atoms with E-state index in [2.05, 4.69) is 22.2 Å². The van der Waals surface area contributed by atoms with E-state index in [-0.39, 0.29) is 0 Å². The van der Waals surface area contributed by atoms with Gasteiger partial charge in [-0.1, -0.05) is 24.3 Å². The molecular weight excluding hydrogens is 214 g/mol. The van der Waals surface area contributed by atoms with Crippen LogP contribution in [0.4, 0.5) is 0 Å². The Hall–Kier alpha value is -2.17. The van der Waals surface area contributed by atoms with Crippen molar-refractivity contribution in [3.63, 3.8) is 0 Å². The molecule has 0 saturated carbocycles. The van der Waals surface area contributed by atoms with Crippen molar-refractivity contribution in [3.05, 3.63) is 36.8 Å². The smallest absolute Gasteiger partial charge is 0.157 e. The molecule has 5 heteroatoms. The highest BCUT2D eigenvalue weighted by atomic mass is 15.5. The zero-order valence-corrected chi connectivity index (χ0v) is 9.61. The summed E-state index contributed by atoms with van der Waals surface area (Å²) in [5.74, 6) is 0.959. The van der Waals surface area contributed by atoms with Crippen LogP contribution in [-0.2, 0) is 6.54 Å². The number of aromatic nitrogens is 5. The van der Waals surface area contributed by atoms with E-state index in [9.17, 15) is 0 Å². The van der Waals surface area contributed by atoms with Gasteiger partial charge in [0.2, 0.25) is 0 Å². The molecule has 5 nitrogen and oxygen atoms in total. The number of hydrogen-bond acceptors (Lipinski definition) is 3. The number of hydrogen-bond donors (Lipinski definition) is 0. The summed E-state index contributed by atoms with van der Waals surface area (Å²) in [4.78, 5) is 4.37. The maximum Gasteiger partial charge on any atom is 0.157 e. The number of aryl methyl sites for hydroxylation is 1. The molecule has 0 fully saturated rings. The second-order valence-electron chi connectivity index (χ2n) is 3.92. The second kappa shape index (κ2) is 4.01. The van der Waals surface area contributed by atoms with E-state index < -0.39 is 0 Å². The highest BCUT2D eigenvalue weighted by Crippen LogP contribution is 2.16. The highest BCUT2D eigenvalue weighted by molar-refractivity contribution is 5.76. The molecular formula is C12H13N5. The third-order valence-corrected chi connectivity index (χ3v) is 2.73. The Morgan fingerprint density at radius 2 is 2.12 bits per heavy atom. The predicted molar refractivity (Wildman–Crippen MR) is 64.9 cm³/mol. The number of nitrogens with zero attached hydrogens (tertiary/aromatic N) is 5. The lowest BCUT2D eigenvalue weighted by Crippen LogP contribution is -2.06. The largest absolute Gasteiger partial charge is 0.282 e. The van der Waals surface area contributed by atoms with E-state index in [4.69, 9.17) is 0 Å². The van der Waals surface area contributed by atoms with Crippen LogP contribution in [0, 0.1) is 0 Å². The van der Waals surface area contributed by atoms with Crippen LogP contribution in [-0.4, -0.2) is 24.5 Å². The van der Waals surface area contributed by atoms with Crippen molar-refractivity contribution in [1.82, 2.24) is 24.5 Å². The van der Waals surface area contributed by atoms with Crippen molar-refractivity contribution in [2.45, 2.75) is 19.9 Å². The molecule has 86 valence electrons. The molecule has 0 amide bonds. The van der Waals surface area contributed by atoms with Gasteiger partial charge in [0.1, 0.15) is 6.33 Å². The SMILES string of the molecule is CCCn1nncc1-n1cnc2ccccc21.